The Kier molecular flexibility index (Phi) is 2.82. The van der Waals surface area contributed by atoms with Gasteiger partial charge in [0.25, 0.3) is 5.56 Å². The summed E-state index contributed by atoms with van der Waals surface area (Å²) >= 11 is 0. The quantitative estimate of drug-likeness (QED) is 0.415. The second-order valence-corrected chi connectivity index (χ2v) is 4.33. The zero-order valence-corrected chi connectivity index (χ0v) is 9.65. The van der Waals surface area contributed by atoms with Crippen LogP contribution < -0.4 is 5.56 Å². The number of hydrogen-bond donors (Lipinski definition) is 5. The van der Waals surface area contributed by atoms with Crippen LogP contribution in [0.15, 0.2) is 11.1 Å². The number of nitrogens with one attached hydrogen (secondary N) is 2. The molecule has 3 heterocycles. The van der Waals surface area contributed by atoms with Crippen LogP contribution in [0, 0.1) is 0 Å². The lowest BCUT2D eigenvalue weighted by Gasteiger charge is -2.12. The predicted octanol–water partition coefficient (Wildman–Crippen LogP) is -2.20. The Bertz CT molecular complexity index is 653. The highest BCUT2D eigenvalue weighted by Gasteiger charge is 2.44. The van der Waals surface area contributed by atoms with Crippen LogP contribution in [0.1, 0.15) is 11.8 Å². The van der Waals surface area contributed by atoms with Crippen molar-refractivity contribution in [2.45, 2.75) is 24.4 Å². The fourth-order valence-corrected chi connectivity index (χ4v) is 2.20. The van der Waals surface area contributed by atoms with Gasteiger partial charge in [0.15, 0.2) is 5.52 Å². The summed E-state index contributed by atoms with van der Waals surface area (Å²) in [6.07, 6.45) is -3.05. The second-order valence-electron chi connectivity index (χ2n) is 4.33. The number of aliphatic hydroxyl groups is 3. The number of ether oxygens (including phenoxy) is 1. The minimum Gasteiger partial charge on any atom is -0.394 e. The molecule has 3 rings (SSSR count). The Morgan fingerprint density at radius 1 is 1.32 bits per heavy atom. The predicted molar refractivity (Wildman–Crippen MR) is 61.2 cm³/mol. The minimum atomic E-state index is -1.23. The van der Waals surface area contributed by atoms with Crippen molar-refractivity contribution in [3.05, 3.63) is 22.4 Å². The van der Waals surface area contributed by atoms with Gasteiger partial charge in [-0.25, -0.2) is 4.98 Å². The SMILES string of the molecule is O=c1[nH]cnc2c([C@@H]3O[C@H](CO)[C@H](O)C3O)[nH]nc12. The first-order chi connectivity index (χ1) is 9.13. The zero-order valence-electron chi connectivity index (χ0n) is 9.65. The van der Waals surface area contributed by atoms with E-state index in [1.54, 1.807) is 0 Å². The molecule has 2 aromatic heterocycles. The largest absolute Gasteiger partial charge is 0.394 e. The first-order valence-electron chi connectivity index (χ1n) is 5.67. The molecule has 1 fully saturated rings. The molecular formula is C10H12N4O5. The molecule has 0 bridgehead atoms. The van der Waals surface area contributed by atoms with E-state index in [1.165, 1.54) is 6.33 Å². The van der Waals surface area contributed by atoms with Gasteiger partial charge in [-0.2, -0.15) is 5.10 Å². The topological polar surface area (TPSA) is 144 Å². The van der Waals surface area contributed by atoms with E-state index in [2.05, 4.69) is 20.2 Å². The maximum absolute atomic E-state index is 11.5. The van der Waals surface area contributed by atoms with Crippen molar-refractivity contribution >= 4 is 11.0 Å². The highest BCUT2D eigenvalue weighted by molar-refractivity contribution is 5.75. The summed E-state index contributed by atoms with van der Waals surface area (Å²) < 4.78 is 5.35. The highest BCUT2D eigenvalue weighted by Crippen LogP contribution is 2.34. The summed E-state index contributed by atoms with van der Waals surface area (Å²) in [5, 5.41) is 35.0. The van der Waals surface area contributed by atoms with E-state index in [9.17, 15) is 15.0 Å². The van der Waals surface area contributed by atoms with Crippen molar-refractivity contribution in [3.8, 4) is 0 Å². The molecule has 102 valence electrons. The van der Waals surface area contributed by atoms with Crippen LogP contribution in [-0.2, 0) is 4.74 Å². The third-order valence-corrected chi connectivity index (χ3v) is 3.20. The molecule has 0 radical (unpaired) electrons. The Balaban J connectivity index is 2.06. The summed E-state index contributed by atoms with van der Waals surface area (Å²) in [5.74, 6) is 0. The monoisotopic (exact) mass is 268 g/mol. The van der Waals surface area contributed by atoms with Crippen LogP contribution in [0.4, 0.5) is 0 Å². The van der Waals surface area contributed by atoms with Gasteiger partial charge in [0.05, 0.1) is 18.6 Å². The number of nitrogens with zero attached hydrogens (tertiary/aromatic N) is 2. The number of fused-ring (bicyclic) bond motifs is 1. The maximum atomic E-state index is 11.5. The van der Waals surface area contributed by atoms with E-state index in [4.69, 9.17) is 9.84 Å². The van der Waals surface area contributed by atoms with Crippen LogP contribution in [-0.4, -0.2) is 60.4 Å². The lowest BCUT2D eigenvalue weighted by Crippen LogP contribution is -2.32. The first kappa shape index (κ1) is 12.2. The summed E-state index contributed by atoms with van der Waals surface area (Å²) in [6, 6.07) is 0. The van der Waals surface area contributed by atoms with Crippen LogP contribution in [0.25, 0.3) is 11.0 Å². The fourth-order valence-electron chi connectivity index (χ4n) is 2.20. The van der Waals surface area contributed by atoms with E-state index in [-0.39, 0.29) is 11.0 Å². The lowest BCUT2D eigenvalue weighted by molar-refractivity contribution is -0.0236. The number of hydrogen-bond acceptors (Lipinski definition) is 7. The van der Waals surface area contributed by atoms with Gasteiger partial charge in [-0.3, -0.25) is 9.89 Å². The number of aliphatic hydroxyl groups excluding tert-OH is 3. The van der Waals surface area contributed by atoms with Gasteiger partial charge in [0.1, 0.15) is 29.9 Å². The fraction of sp³-hybridized carbons (Fsp3) is 0.500. The van der Waals surface area contributed by atoms with Gasteiger partial charge in [0.2, 0.25) is 0 Å². The normalized spacial score (nSPS) is 31.1. The third kappa shape index (κ3) is 1.75. The number of aromatic nitrogens is 4. The zero-order chi connectivity index (χ0) is 13.6. The second kappa shape index (κ2) is 4.38. The van der Waals surface area contributed by atoms with Crippen LogP contribution >= 0.6 is 0 Å². The third-order valence-electron chi connectivity index (χ3n) is 3.20. The number of rotatable bonds is 2. The molecule has 1 saturated heterocycles. The molecule has 0 amide bonds. The van der Waals surface area contributed by atoms with Crippen molar-refractivity contribution in [3.63, 3.8) is 0 Å². The average molecular weight is 268 g/mol. The molecular weight excluding hydrogens is 256 g/mol. The van der Waals surface area contributed by atoms with Crippen molar-refractivity contribution < 1.29 is 20.1 Å². The van der Waals surface area contributed by atoms with Gasteiger partial charge >= 0.3 is 0 Å². The molecule has 0 spiro atoms. The molecule has 19 heavy (non-hydrogen) atoms. The van der Waals surface area contributed by atoms with Crippen LogP contribution in [0.3, 0.4) is 0 Å². The first-order valence-corrected chi connectivity index (χ1v) is 5.67. The Morgan fingerprint density at radius 2 is 2.11 bits per heavy atom. The van der Waals surface area contributed by atoms with Gasteiger partial charge in [-0.1, -0.05) is 0 Å². The standard InChI is InChI=1S/C10H12N4O5/c15-1-3-7(16)8(17)9(19-3)5-4-6(14-13-5)10(18)12-2-11-4/h2-3,7-9,15-17H,1H2,(H,13,14)(H,11,12,18)/t3-,7+,8?,9+/m1/s1. The van der Waals surface area contributed by atoms with E-state index in [1.807, 2.05) is 0 Å². The maximum Gasteiger partial charge on any atom is 0.279 e. The molecule has 1 aliphatic heterocycles. The number of H-pyrrole nitrogens is 2. The number of aromatic amines is 2. The molecule has 1 aliphatic rings. The Hall–Kier alpha value is -1.81. The molecule has 0 aliphatic carbocycles. The van der Waals surface area contributed by atoms with Crippen LogP contribution in [0.5, 0.6) is 0 Å². The molecule has 4 atom stereocenters. The Labute approximate surface area is 105 Å². The van der Waals surface area contributed by atoms with Gasteiger partial charge in [-0.15, -0.1) is 0 Å². The van der Waals surface area contributed by atoms with E-state index < -0.39 is 36.6 Å². The van der Waals surface area contributed by atoms with Gasteiger partial charge in [0, 0.05) is 0 Å². The van der Waals surface area contributed by atoms with Crippen molar-refractivity contribution in [2.75, 3.05) is 6.61 Å². The molecule has 2 aromatic rings. The van der Waals surface area contributed by atoms with E-state index in [0.29, 0.717) is 5.69 Å². The summed E-state index contributed by atoms with van der Waals surface area (Å²) in [7, 11) is 0. The summed E-state index contributed by atoms with van der Waals surface area (Å²) in [6.45, 7) is -0.422. The van der Waals surface area contributed by atoms with E-state index >= 15 is 0 Å². The average Bonchev–Trinajstić information content (AvgIpc) is 2.94. The molecule has 0 saturated carbocycles. The Morgan fingerprint density at radius 3 is 2.79 bits per heavy atom. The van der Waals surface area contributed by atoms with Crippen molar-refractivity contribution in [1.82, 2.24) is 20.2 Å². The summed E-state index contributed by atoms with van der Waals surface area (Å²) in [4.78, 5) is 17.9. The van der Waals surface area contributed by atoms with Crippen molar-refractivity contribution in [1.29, 1.82) is 0 Å². The van der Waals surface area contributed by atoms with Crippen LogP contribution in [0.2, 0.25) is 0 Å². The molecule has 9 nitrogen and oxygen atoms in total. The molecule has 1 unspecified atom stereocenters. The van der Waals surface area contributed by atoms with Gasteiger partial charge in [-0.05, 0) is 0 Å². The molecule has 0 aromatic carbocycles. The van der Waals surface area contributed by atoms with E-state index in [0.717, 1.165) is 0 Å². The highest BCUT2D eigenvalue weighted by atomic mass is 16.6. The lowest BCUT2D eigenvalue weighted by atomic mass is 10.1. The van der Waals surface area contributed by atoms with Gasteiger partial charge < -0.3 is 25.0 Å². The smallest absolute Gasteiger partial charge is 0.279 e. The van der Waals surface area contributed by atoms with Crippen molar-refractivity contribution in [2.24, 2.45) is 0 Å². The summed E-state index contributed by atoms with van der Waals surface area (Å²) in [5.41, 5.74) is 0.233. The molecule has 5 N–H and O–H groups in total. The minimum absolute atomic E-state index is 0.0928. The molecule has 9 heteroatoms.